The van der Waals surface area contributed by atoms with Crippen LogP contribution in [0.4, 0.5) is 14.5 Å². The summed E-state index contributed by atoms with van der Waals surface area (Å²) < 4.78 is 41.6. The summed E-state index contributed by atoms with van der Waals surface area (Å²) in [6, 6.07) is 16.9. The standard InChI is InChI=1S/C24H15F2NO2S/c25-19-10-7-16(8-11-19)3-1-4-17-9-12-22-21(14-17)24(28)23(30(29)27-22)15-18-5-2-6-20(26)13-18/h2,5-15,27H,3H2/b23-15+. The van der Waals surface area contributed by atoms with Crippen molar-refractivity contribution in [1.29, 1.82) is 0 Å². The van der Waals surface area contributed by atoms with Crippen LogP contribution in [-0.2, 0) is 17.4 Å². The molecular weight excluding hydrogens is 404 g/mol. The Morgan fingerprint density at radius 2 is 1.77 bits per heavy atom. The van der Waals surface area contributed by atoms with E-state index in [1.54, 1.807) is 36.4 Å². The first-order valence-corrected chi connectivity index (χ1v) is 10.2. The highest BCUT2D eigenvalue weighted by atomic mass is 32.2. The van der Waals surface area contributed by atoms with Gasteiger partial charge < -0.3 is 4.72 Å². The Kier molecular flexibility index (Phi) is 5.55. The second kappa shape index (κ2) is 8.44. The Balaban J connectivity index is 1.60. The Hall–Kier alpha value is -3.56. The second-order valence-corrected chi connectivity index (χ2v) is 7.81. The number of ketones is 1. The van der Waals surface area contributed by atoms with Gasteiger partial charge in [-0.15, -0.1) is 0 Å². The van der Waals surface area contributed by atoms with Gasteiger partial charge >= 0.3 is 0 Å². The quantitative estimate of drug-likeness (QED) is 0.476. The van der Waals surface area contributed by atoms with Crippen molar-refractivity contribution in [2.75, 3.05) is 4.72 Å². The lowest BCUT2D eigenvalue weighted by Crippen LogP contribution is -2.22. The maximum atomic E-state index is 13.4. The van der Waals surface area contributed by atoms with Crippen LogP contribution in [0, 0.1) is 23.5 Å². The highest BCUT2D eigenvalue weighted by molar-refractivity contribution is 7.91. The minimum Gasteiger partial charge on any atom is -0.300 e. The van der Waals surface area contributed by atoms with Crippen molar-refractivity contribution >= 4 is 28.5 Å². The largest absolute Gasteiger partial charge is 0.300 e. The molecule has 0 saturated heterocycles. The SMILES string of the molecule is O=C1/C(=C\c2cccc(F)c2)S(=O)Nc2ccc(C#CCc3ccc(F)cc3)cc21. The van der Waals surface area contributed by atoms with Crippen LogP contribution in [-0.4, -0.2) is 9.99 Å². The second-order valence-electron chi connectivity index (χ2n) is 6.63. The number of allylic oxidation sites excluding steroid dienone is 1. The summed E-state index contributed by atoms with van der Waals surface area (Å²) in [6.45, 7) is 0. The smallest absolute Gasteiger partial charge is 0.205 e. The normalized spacial score (nSPS) is 16.4. The number of benzene rings is 3. The molecule has 0 fully saturated rings. The van der Waals surface area contributed by atoms with Crippen molar-refractivity contribution in [2.24, 2.45) is 0 Å². The Morgan fingerprint density at radius 1 is 0.967 bits per heavy atom. The summed E-state index contributed by atoms with van der Waals surface area (Å²) in [5.41, 5.74) is 2.77. The number of rotatable bonds is 2. The highest BCUT2D eigenvalue weighted by Crippen LogP contribution is 2.29. The van der Waals surface area contributed by atoms with Crippen molar-refractivity contribution in [1.82, 2.24) is 0 Å². The zero-order valence-electron chi connectivity index (χ0n) is 15.6. The third-order valence-electron chi connectivity index (χ3n) is 4.48. The van der Waals surface area contributed by atoms with E-state index in [4.69, 9.17) is 0 Å². The minimum atomic E-state index is -1.74. The first kappa shape index (κ1) is 19.7. The van der Waals surface area contributed by atoms with Crippen LogP contribution in [0.5, 0.6) is 0 Å². The number of Topliss-reactive ketones (excluding diaryl/α,β-unsaturated/α-hetero) is 1. The predicted octanol–water partition coefficient (Wildman–Crippen LogP) is 4.87. The summed E-state index contributed by atoms with van der Waals surface area (Å²) in [5, 5.41) is 0. The van der Waals surface area contributed by atoms with E-state index in [9.17, 15) is 17.8 Å². The van der Waals surface area contributed by atoms with Crippen molar-refractivity contribution < 1.29 is 17.8 Å². The van der Waals surface area contributed by atoms with E-state index in [2.05, 4.69) is 16.6 Å². The van der Waals surface area contributed by atoms with E-state index < -0.39 is 22.6 Å². The van der Waals surface area contributed by atoms with Crippen LogP contribution in [0.15, 0.2) is 71.6 Å². The molecule has 6 heteroatoms. The molecule has 148 valence electrons. The molecule has 0 saturated carbocycles. The summed E-state index contributed by atoms with van der Waals surface area (Å²) in [7, 11) is -1.74. The van der Waals surface area contributed by atoms with Crippen molar-refractivity contribution in [3.05, 3.63) is 106 Å². The lowest BCUT2D eigenvalue weighted by Gasteiger charge is -2.19. The number of anilines is 1. The van der Waals surface area contributed by atoms with Crippen LogP contribution < -0.4 is 4.72 Å². The third kappa shape index (κ3) is 4.37. The summed E-state index contributed by atoms with van der Waals surface area (Å²) in [4.78, 5) is 13.0. The molecule has 0 bridgehead atoms. The molecule has 1 atom stereocenters. The Bertz CT molecular complexity index is 1250. The van der Waals surface area contributed by atoms with E-state index >= 15 is 0 Å². The monoisotopic (exact) mass is 419 g/mol. The number of nitrogens with one attached hydrogen (secondary N) is 1. The van der Waals surface area contributed by atoms with Crippen LogP contribution in [0.25, 0.3) is 6.08 Å². The van der Waals surface area contributed by atoms with Gasteiger partial charge in [-0.3, -0.25) is 4.79 Å². The molecule has 0 spiro atoms. The molecular formula is C24H15F2NO2S. The average molecular weight is 419 g/mol. The van der Waals surface area contributed by atoms with Crippen LogP contribution in [0.2, 0.25) is 0 Å². The van der Waals surface area contributed by atoms with Gasteiger partial charge in [-0.25, -0.2) is 13.0 Å². The molecule has 1 aliphatic rings. The molecule has 1 heterocycles. The summed E-state index contributed by atoms with van der Waals surface area (Å²) >= 11 is 0. The van der Waals surface area contributed by atoms with Gasteiger partial charge in [0.25, 0.3) is 0 Å². The Morgan fingerprint density at radius 3 is 2.53 bits per heavy atom. The van der Waals surface area contributed by atoms with Crippen molar-refractivity contribution in [3.63, 3.8) is 0 Å². The van der Waals surface area contributed by atoms with Crippen LogP contribution in [0.1, 0.15) is 27.0 Å². The van der Waals surface area contributed by atoms with E-state index in [0.717, 1.165) is 5.56 Å². The van der Waals surface area contributed by atoms with Gasteiger partial charge in [-0.1, -0.05) is 36.1 Å². The first-order valence-electron chi connectivity index (χ1n) is 9.07. The number of halogens is 2. The minimum absolute atomic E-state index is 0.0459. The van der Waals surface area contributed by atoms with Gasteiger partial charge in [0.15, 0.2) is 11.0 Å². The molecule has 1 aliphatic heterocycles. The van der Waals surface area contributed by atoms with Gasteiger partial charge in [0, 0.05) is 17.5 Å². The van der Waals surface area contributed by atoms with Gasteiger partial charge in [0.05, 0.1) is 5.69 Å². The van der Waals surface area contributed by atoms with Gasteiger partial charge in [-0.2, -0.15) is 0 Å². The Labute approximate surface area is 175 Å². The molecule has 1 N–H and O–H groups in total. The molecule has 0 radical (unpaired) electrons. The third-order valence-corrected chi connectivity index (χ3v) is 5.58. The van der Waals surface area contributed by atoms with E-state index in [1.165, 1.54) is 36.4 Å². The first-order chi connectivity index (χ1) is 14.5. The highest BCUT2D eigenvalue weighted by Gasteiger charge is 2.27. The topological polar surface area (TPSA) is 46.2 Å². The molecule has 0 aliphatic carbocycles. The van der Waals surface area contributed by atoms with Crippen LogP contribution in [0.3, 0.4) is 0 Å². The summed E-state index contributed by atoms with van der Waals surface area (Å²) in [5.74, 6) is 4.86. The predicted molar refractivity (Wildman–Crippen MR) is 114 cm³/mol. The maximum Gasteiger partial charge on any atom is 0.205 e. The molecule has 0 amide bonds. The van der Waals surface area contributed by atoms with E-state index in [-0.39, 0.29) is 10.7 Å². The van der Waals surface area contributed by atoms with Crippen molar-refractivity contribution in [3.8, 4) is 11.8 Å². The number of hydrogen-bond donors (Lipinski definition) is 1. The summed E-state index contributed by atoms with van der Waals surface area (Å²) in [6.07, 6.45) is 1.86. The fourth-order valence-corrected chi connectivity index (χ4v) is 4.00. The maximum absolute atomic E-state index is 13.4. The molecule has 30 heavy (non-hydrogen) atoms. The fraction of sp³-hybridized carbons (Fsp3) is 0.0417. The van der Waals surface area contributed by atoms with E-state index in [1.807, 2.05) is 0 Å². The molecule has 1 unspecified atom stereocenters. The number of hydrogen-bond acceptors (Lipinski definition) is 2. The van der Waals surface area contributed by atoms with Gasteiger partial charge in [0.1, 0.15) is 16.5 Å². The molecule has 3 nitrogen and oxygen atoms in total. The van der Waals surface area contributed by atoms with Gasteiger partial charge in [0.2, 0.25) is 5.78 Å². The lowest BCUT2D eigenvalue weighted by molar-refractivity contribution is 0.104. The number of carbonyl (C=O) groups excluding carboxylic acids is 1. The molecule has 0 aromatic heterocycles. The number of carbonyl (C=O) groups is 1. The van der Waals surface area contributed by atoms with E-state index in [0.29, 0.717) is 28.8 Å². The van der Waals surface area contributed by atoms with Crippen molar-refractivity contribution in [2.45, 2.75) is 6.42 Å². The number of fused-ring (bicyclic) bond motifs is 1. The molecule has 3 aromatic rings. The zero-order chi connectivity index (χ0) is 21.1. The van der Waals surface area contributed by atoms with Gasteiger partial charge in [-0.05, 0) is 59.7 Å². The molecule has 3 aromatic carbocycles. The van der Waals surface area contributed by atoms with Crippen LogP contribution >= 0.6 is 0 Å². The average Bonchev–Trinajstić information content (AvgIpc) is 2.73. The molecule has 4 rings (SSSR count). The zero-order valence-corrected chi connectivity index (χ0v) is 16.4. The fourth-order valence-electron chi connectivity index (χ4n) is 2.99. The lowest BCUT2D eigenvalue weighted by atomic mass is 10.0.